The highest BCUT2D eigenvalue weighted by atomic mass is 79.9. The molecule has 0 unspecified atom stereocenters. The van der Waals surface area contributed by atoms with Gasteiger partial charge in [-0.2, -0.15) is 0 Å². The molecule has 1 aromatic rings. The smallest absolute Gasteiger partial charge is 0.137 e. The van der Waals surface area contributed by atoms with Crippen LogP contribution in [0.5, 0.6) is 5.75 Å². The van der Waals surface area contributed by atoms with Gasteiger partial charge in [-0.15, -0.1) is 0 Å². The zero-order valence-electron chi connectivity index (χ0n) is 9.49. The average molecular weight is 284 g/mol. The molecule has 0 radical (unpaired) electrons. The van der Waals surface area contributed by atoms with E-state index in [2.05, 4.69) is 20.9 Å². The Labute approximate surface area is 106 Å². The molecular weight excluding hydrogens is 266 g/mol. The van der Waals surface area contributed by atoms with E-state index in [1.54, 1.807) is 0 Å². The Morgan fingerprint density at radius 2 is 2.06 bits per heavy atom. The maximum absolute atomic E-state index is 5.77. The minimum Gasteiger partial charge on any atom is -0.492 e. The first kappa shape index (κ1) is 11.9. The second-order valence-electron chi connectivity index (χ2n) is 4.43. The summed E-state index contributed by atoms with van der Waals surface area (Å²) in [6.45, 7) is 0.856. The van der Waals surface area contributed by atoms with Crippen LogP contribution in [0.15, 0.2) is 18.3 Å². The lowest BCUT2D eigenvalue weighted by Crippen LogP contribution is -2.15. The molecule has 88 valence electrons. The Bertz CT molecular complexity index is 306. The van der Waals surface area contributed by atoms with Crippen molar-refractivity contribution in [2.45, 2.75) is 37.4 Å². The molecule has 1 heterocycles. The highest BCUT2D eigenvalue weighted by Crippen LogP contribution is 2.24. The number of nitrogens with zero attached hydrogens (tertiary/aromatic N) is 1. The Hall–Kier alpha value is -0.570. The number of hydrogen-bond acceptors (Lipinski definition) is 2. The van der Waals surface area contributed by atoms with Crippen LogP contribution in [0.4, 0.5) is 0 Å². The lowest BCUT2D eigenvalue weighted by Gasteiger charge is -2.21. The summed E-state index contributed by atoms with van der Waals surface area (Å²) in [6, 6.07) is 4.01. The number of halogens is 1. The third-order valence-corrected chi connectivity index (χ3v) is 3.72. The molecular formula is C13H18BrNO. The van der Waals surface area contributed by atoms with Crippen molar-refractivity contribution in [3.05, 3.63) is 24.0 Å². The fourth-order valence-corrected chi connectivity index (χ4v) is 2.47. The second kappa shape index (κ2) is 6.24. The Balaban J connectivity index is 1.79. The van der Waals surface area contributed by atoms with Crippen LogP contribution >= 0.6 is 15.9 Å². The highest BCUT2D eigenvalue weighted by Gasteiger charge is 2.13. The van der Waals surface area contributed by atoms with Crippen LogP contribution in [-0.4, -0.2) is 11.6 Å². The molecule has 0 bridgehead atoms. The normalized spacial score (nSPS) is 17.3. The van der Waals surface area contributed by atoms with Crippen molar-refractivity contribution in [3.63, 3.8) is 0 Å². The molecule has 16 heavy (non-hydrogen) atoms. The third kappa shape index (κ3) is 3.48. The van der Waals surface area contributed by atoms with E-state index in [9.17, 15) is 0 Å². The van der Waals surface area contributed by atoms with Crippen molar-refractivity contribution in [2.24, 2.45) is 5.92 Å². The molecule has 0 aromatic carbocycles. The molecule has 1 aromatic heterocycles. The minimum atomic E-state index is 0.754. The summed E-state index contributed by atoms with van der Waals surface area (Å²) in [5.41, 5.74) is 1.05. The van der Waals surface area contributed by atoms with Gasteiger partial charge >= 0.3 is 0 Å². The second-order valence-corrected chi connectivity index (χ2v) is 4.99. The topological polar surface area (TPSA) is 22.1 Å². The van der Waals surface area contributed by atoms with Crippen molar-refractivity contribution in [1.82, 2.24) is 4.98 Å². The summed E-state index contributed by atoms with van der Waals surface area (Å²) >= 11 is 3.38. The summed E-state index contributed by atoms with van der Waals surface area (Å²) in [5, 5.41) is 0.801. The molecule has 3 heteroatoms. The predicted molar refractivity (Wildman–Crippen MR) is 68.9 cm³/mol. The molecule has 1 aliphatic rings. The van der Waals surface area contributed by atoms with Gasteiger partial charge in [0.05, 0.1) is 18.5 Å². The van der Waals surface area contributed by atoms with Gasteiger partial charge in [-0.3, -0.25) is 4.98 Å². The summed E-state index contributed by atoms with van der Waals surface area (Å²) in [5.74, 6) is 1.65. The molecule has 2 nitrogen and oxygen atoms in total. The van der Waals surface area contributed by atoms with Gasteiger partial charge in [-0.25, -0.2) is 0 Å². The standard InChI is InChI=1S/C13H18BrNO/c14-8-12-6-7-13(9-15-12)16-10-11-4-2-1-3-5-11/h6-7,9,11H,1-5,8,10H2. The van der Waals surface area contributed by atoms with E-state index < -0.39 is 0 Å². The zero-order valence-corrected chi connectivity index (χ0v) is 11.1. The minimum absolute atomic E-state index is 0.754. The summed E-state index contributed by atoms with van der Waals surface area (Å²) in [6.07, 6.45) is 8.61. The molecule has 0 aliphatic heterocycles. The molecule has 1 fully saturated rings. The zero-order chi connectivity index (χ0) is 11.2. The van der Waals surface area contributed by atoms with E-state index in [0.717, 1.165) is 29.3 Å². The van der Waals surface area contributed by atoms with Crippen molar-refractivity contribution in [1.29, 1.82) is 0 Å². The van der Waals surface area contributed by atoms with Crippen molar-refractivity contribution < 1.29 is 4.74 Å². The SMILES string of the molecule is BrCc1ccc(OCC2CCCCC2)cn1. The molecule has 1 aliphatic carbocycles. The van der Waals surface area contributed by atoms with Crippen LogP contribution in [0, 0.1) is 5.92 Å². The van der Waals surface area contributed by atoms with Crippen LogP contribution in [0.25, 0.3) is 0 Å². The van der Waals surface area contributed by atoms with Gasteiger partial charge in [-0.05, 0) is 30.9 Å². The van der Waals surface area contributed by atoms with E-state index in [0.29, 0.717) is 0 Å². The first-order chi connectivity index (χ1) is 7.88. The van der Waals surface area contributed by atoms with Gasteiger partial charge in [0.1, 0.15) is 5.75 Å². The lowest BCUT2D eigenvalue weighted by atomic mass is 9.90. The van der Waals surface area contributed by atoms with Gasteiger partial charge < -0.3 is 4.74 Å². The Kier molecular flexibility index (Phi) is 4.64. The van der Waals surface area contributed by atoms with Crippen molar-refractivity contribution in [2.75, 3.05) is 6.61 Å². The monoisotopic (exact) mass is 283 g/mol. The first-order valence-corrected chi connectivity index (χ1v) is 7.14. The number of hydrogen-bond donors (Lipinski definition) is 0. The Morgan fingerprint density at radius 3 is 2.69 bits per heavy atom. The van der Waals surface area contributed by atoms with E-state index in [-0.39, 0.29) is 0 Å². The molecule has 0 atom stereocenters. The Morgan fingerprint density at radius 1 is 1.25 bits per heavy atom. The summed E-state index contributed by atoms with van der Waals surface area (Å²) in [4.78, 5) is 4.29. The van der Waals surface area contributed by atoms with Gasteiger partial charge in [0, 0.05) is 5.33 Å². The maximum atomic E-state index is 5.77. The number of pyridine rings is 1. The molecule has 2 rings (SSSR count). The van der Waals surface area contributed by atoms with E-state index in [4.69, 9.17) is 4.74 Å². The largest absolute Gasteiger partial charge is 0.492 e. The van der Waals surface area contributed by atoms with Gasteiger partial charge in [0.25, 0.3) is 0 Å². The number of rotatable bonds is 4. The van der Waals surface area contributed by atoms with Crippen LogP contribution in [0.1, 0.15) is 37.8 Å². The highest BCUT2D eigenvalue weighted by molar-refractivity contribution is 9.08. The molecule has 0 N–H and O–H groups in total. The molecule has 0 saturated heterocycles. The van der Waals surface area contributed by atoms with Crippen molar-refractivity contribution in [3.8, 4) is 5.75 Å². The molecule has 1 saturated carbocycles. The number of aromatic nitrogens is 1. The molecule has 0 amide bonds. The summed E-state index contributed by atoms with van der Waals surface area (Å²) < 4.78 is 5.77. The van der Waals surface area contributed by atoms with Crippen LogP contribution in [-0.2, 0) is 5.33 Å². The summed E-state index contributed by atoms with van der Waals surface area (Å²) in [7, 11) is 0. The van der Waals surface area contributed by atoms with Crippen LogP contribution in [0.2, 0.25) is 0 Å². The molecule has 0 spiro atoms. The van der Waals surface area contributed by atoms with E-state index >= 15 is 0 Å². The van der Waals surface area contributed by atoms with Gasteiger partial charge in [-0.1, -0.05) is 35.2 Å². The number of alkyl halides is 1. The lowest BCUT2D eigenvalue weighted by molar-refractivity contribution is 0.208. The third-order valence-electron chi connectivity index (χ3n) is 3.14. The van der Waals surface area contributed by atoms with Gasteiger partial charge in [0.2, 0.25) is 0 Å². The van der Waals surface area contributed by atoms with Gasteiger partial charge in [0.15, 0.2) is 0 Å². The first-order valence-electron chi connectivity index (χ1n) is 6.02. The number of ether oxygens (including phenoxy) is 1. The predicted octanol–water partition coefficient (Wildman–Crippen LogP) is 3.94. The maximum Gasteiger partial charge on any atom is 0.137 e. The average Bonchev–Trinajstić information content (AvgIpc) is 2.38. The van der Waals surface area contributed by atoms with Crippen LogP contribution < -0.4 is 4.74 Å². The van der Waals surface area contributed by atoms with E-state index in [1.807, 2.05) is 18.3 Å². The van der Waals surface area contributed by atoms with Crippen molar-refractivity contribution >= 4 is 15.9 Å². The van der Waals surface area contributed by atoms with E-state index in [1.165, 1.54) is 32.1 Å². The van der Waals surface area contributed by atoms with Crippen LogP contribution in [0.3, 0.4) is 0 Å². The fraction of sp³-hybridized carbons (Fsp3) is 0.615. The quantitative estimate of drug-likeness (QED) is 0.781. The fourth-order valence-electron chi connectivity index (χ4n) is 2.14.